The van der Waals surface area contributed by atoms with Crippen molar-refractivity contribution in [2.75, 3.05) is 7.11 Å². The van der Waals surface area contributed by atoms with E-state index in [1.54, 1.807) is 29.2 Å². The first-order valence-electron chi connectivity index (χ1n) is 3.88. The summed E-state index contributed by atoms with van der Waals surface area (Å²) in [5, 5.41) is 4.34. The Morgan fingerprint density at radius 3 is 2.93 bits per heavy atom. The third-order valence-corrected chi connectivity index (χ3v) is 1.78. The monoisotopic (exact) mass is 210 g/mol. The standard InChI is InChI=1S/C8H7ClN4O/c1-14-8-11-6(9)5-7(12-8)13-4-2-3-10-13/h2-5H,1H3. The minimum absolute atomic E-state index is 0.225. The molecule has 0 aliphatic rings. The van der Waals surface area contributed by atoms with Gasteiger partial charge in [-0.1, -0.05) is 11.6 Å². The maximum absolute atomic E-state index is 5.77. The van der Waals surface area contributed by atoms with E-state index in [2.05, 4.69) is 15.1 Å². The Labute approximate surface area is 85.3 Å². The van der Waals surface area contributed by atoms with Crippen LogP contribution in [0.15, 0.2) is 24.5 Å². The summed E-state index contributed by atoms with van der Waals surface area (Å²) in [5.41, 5.74) is 0. The molecule has 2 heterocycles. The average Bonchev–Trinajstić information content (AvgIpc) is 2.69. The van der Waals surface area contributed by atoms with E-state index in [4.69, 9.17) is 16.3 Å². The van der Waals surface area contributed by atoms with Gasteiger partial charge < -0.3 is 4.74 Å². The number of nitrogens with zero attached hydrogens (tertiary/aromatic N) is 4. The molecule has 0 saturated carbocycles. The zero-order valence-corrected chi connectivity index (χ0v) is 8.14. The van der Waals surface area contributed by atoms with Crippen LogP contribution in [0.5, 0.6) is 6.01 Å². The smallest absolute Gasteiger partial charge is 0.319 e. The maximum atomic E-state index is 5.77. The molecule has 0 atom stereocenters. The summed E-state index contributed by atoms with van der Waals surface area (Å²) in [5.74, 6) is 0.576. The zero-order valence-electron chi connectivity index (χ0n) is 7.38. The Kier molecular flexibility index (Phi) is 2.32. The van der Waals surface area contributed by atoms with Crippen LogP contribution in [0.25, 0.3) is 5.82 Å². The molecule has 0 aromatic carbocycles. The molecule has 2 aromatic heterocycles. The quantitative estimate of drug-likeness (QED) is 0.702. The lowest BCUT2D eigenvalue weighted by Crippen LogP contribution is -2.01. The molecule has 0 aliphatic carbocycles. The van der Waals surface area contributed by atoms with E-state index in [0.717, 1.165) is 0 Å². The zero-order chi connectivity index (χ0) is 9.97. The highest BCUT2D eigenvalue weighted by Crippen LogP contribution is 2.13. The molecule has 14 heavy (non-hydrogen) atoms. The molecule has 0 aliphatic heterocycles. The Balaban J connectivity index is 2.48. The predicted molar refractivity (Wildman–Crippen MR) is 50.7 cm³/mol. The van der Waals surface area contributed by atoms with Crippen LogP contribution in [0.4, 0.5) is 0 Å². The van der Waals surface area contributed by atoms with Crippen molar-refractivity contribution in [3.8, 4) is 11.8 Å². The van der Waals surface area contributed by atoms with Gasteiger partial charge in [0.2, 0.25) is 0 Å². The lowest BCUT2D eigenvalue weighted by molar-refractivity contribution is 0.379. The van der Waals surface area contributed by atoms with Crippen LogP contribution in [0.1, 0.15) is 0 Å². The highest BCUT2D eigenvalue weighted by molar-refractivity contribution is 6.29. The third kappa shape index (κ3) is 1.67. The second-order valence-corrected chi connectivity index (χ2v) is 2.87. The van der Waals surface area contributed by atoms with Gasteiger partial charge in [-0.3, -0.25) is 0 Å². The fourth-order valence-corrected chi connectivity index (χ4v) is 1.17. The van der Waals surface area contributed by atoms with Gasteiger partial charge in [0.25, 0.3) is 0 Å². The number of aromatic nitrogens is 4. The van der Waals surface area contributed by atoms with Crippen LogP contribution in [0.3, 0.4) is 0 Å². The summed E-state index contributed by atoms with van der Waals surface area (Å²) >= 11 is 5.77. The molecule has 0 fully saturated rings. The Morgan fingerprint density at radius 1 is 1.43 bits per heavy atom. The van der Waals surface area contributed by atoms with Gasteiger partial charge in [-0.2, -0.15) is 15.1 Å². The molecule has 2 rings (SSSR count). The summed E-state index contributed by atoms with van der Waals surface area (Å²) in [7, 11) is 1.48. The molecule has 0 bridgehead atoms. The van der Waals surface area contributed by atoms with Crippen molar-refractivity contribution in [2.24, 2.45) is 0 Å². The van der Waals surface area contributed by atoms with E-state index in [-0.39, 0.29) is 6.01 Å². The largest absolute Gasteiger partial charge is 0.467 e. The average molecular weight is 211 g/mol. The van der Waals surface area contributed by atoms with Crippen molar-refractivity contribution in [1.29, 1.82) is 0 Å². The van der Waals surface area contributed by atoms with Gasteiger partial charge in [0.15, 0.2) is 5.82 Å². The minimum Gasteiger partial charge on any atom is -0.467 e. The number of hydrogen-bond donors (Lipinski definition) is 0. The number of hydrogen-bond acceptors (Lipinski definition) is 4. The Morgan fingerprint density at radius 2 is 2.29 bits per heavy atom. The molecule has 0 radical (unpaired) electrons. The van der Waals surface area contributed by atoms with Crippen molar-refractivity contribution in [1.82, 2.24) is 19.7 Å². The van der Waals surface area contributed by atoms with Gasteiger partial charge >= 0.3 is 6.01 Å². The van der Waals surface area contributed by atoms with Crippen molar-refractivity contribution >= 4 is 11.6 Å². The molecule has 0 spiro atoms. The molecule has 0 unspecified atom stereocenters. The maximum Gasteiger partial charge on any atom is 0.319 e. The number of halogens is 1. The van der Waals surface area contributed by atoms with E-state index in [0.29, 0.717) is 11.0 Å². The molecule has 0 N–H and O–H groups in total. The molecular weight excluding hydrogens is 204 g/mol. The van der Waals surface area contributed by atoms with Crippen LogP contribution in [0.2, 0.25) is 5.15 Å². The summed E-state index contributed by atoms with van der Waals surface area (Å²) < 4.78 is 6.47. The summed E-state index contributed by atoms with van der Waals surface area (Å²) in [4.78, 5) is 7.93. The second-order valence-electron chi connectivity index (χ2n) is 2.49. The second kappa shape index (κ2) is 3.63. The van der Waals surface area contributed by atoms with Crippen LogP contribution in [-0.4, -0.2) is 26.9 Å². The summed E-state index contributed by atoms with van der Waals surface area (Å²) in [6.45, 7) is 0. The fourth-order valence-electron chi connectivity index (χ4n) is 0.998. The van der Waals surface area contributed by atoms with Gasteiger partial charge in [0.1, 0.15) is 5.15 Å². The van der Waals surface area contributed by atoms with Crippen LogP contribution >= 0.6 is 11.6 Å². The summed E-state index contributed by atoms with van der Waals surface area (Å²) in [6.07, 6.45) is 3.42. The Bertz CT molecular complexity index is 429. The van der Waals surface area contributed by atoms with E-state index >= 15 is 0 Å². The molecule has 2 aromatic rings. The molecule has 0 saturated heterocycles. The van der Waals surface area contributed by atoms with Gasteiger partial charge in [0, 0.05) is 18.5 Å². The molecular formula is C8H7ClN4O. The van der Waals surface area contributed by atoms with Gasteiger partial charge in [-0.25, -0.2) is 4.68 Å². The molecule has 6 heteroatoms. The number of rotatable bonds is 2. The van der Waals surface area contributed by atoms with E-state index in [1.165, 1.54) is 7.11 Å². The van der Waals surface area contributed by atoms with Gasteiger partial charge in [0.05, 0.1) is 7.11 Å². The van der Waals surface area contributed by atoms with Crippen LogP contribution < -0.4 is 4.74 Å². The first-order chi connectivity index (χ1) is 6.79. The van der Waals surface area contributed by atoms with E-state index in [9.17, 15) is 0 Å². The predicted octanol–water partition coefficient (Wildman–Crippen LogP) is 1.32. The highest BCUT2D eigenvalue weighted by atomic mass is 35.5. The van der Waals surface area contributed by atoms with E-state index in [1.807, 2.05) is 0 Å². The third-order valence-electron chi connectivity index (χ3n) is 1.58. The SMILES string of the molecule is COc1nc(Cl)cc(-n2cccn2)n1. The molecule has 72 valence electrons. The first-order valence-corrected chi connectivity index (χ1v) is 4.26. The first kappa shape index (κ1) is 8.96. The number of ether oxygens (including phenoxy) is 1. The van der Waals surface area contributed by atoms with Gasteiger partial charge in [-0.05, 0) is 6.07 Å². The molecule has 5 nitrogen and oxygen atoms in total. The lowest BCUT2D eigenvalue weighted by Gasteiger charge is -2.02. The minimum atomic E-state index is 0.225. The Hall–Kier alpha value is -1.62. The number of methoxy groups -OCH3 is 1. The van der Waals surface area contributed by atoms with Gasteiger partial charge in [-0.15, -0.1) is 0 Å². The van der Waals surface area contributed by atoms with Crippen LogP contribution in [-0.2, 0) is 0 Å². The topological polar surface area (TPSA) is 52.8 Å². The van der Waals surface area contributed by atoms with Crippen molar-refractivity contribution in [3.63, 3.8) is 0 Å². The normalized spacial score (nSPS) is 10.1. The lowest BCUT2D eigenvalue weighted by atomic mass is 10.6. The molecule has 0 amide bonds. The highest BCUT2D eigenvalue weighted by Gasteiger charge is 2.04. The van der Waals surface area contributed by atoms with Crippen molar-refractivity contribution in [2.45, 2.75) is 0 Å². The summed E-state index contributed by atoms with van der Waals surface area (Å²) in [6, 6.07) is 3.63. The van der Waals surface area contributed by atoms with E-state index < -0.39 is 0 Å². The van der Waals surface area contributed by atoms with Crippen molar-refractivity contribution in [3.05, 3.63) is 29.7 Å². The van der Waals surface area contributed by atoms with Crippen molar-refractivity contribution < 1.29 is 4.74 Å². The van der Waals surface area contributed by atoms with Crippen LogP contribution in [0, 0.1) is 0 Å². The fraction of sp³-hybridized carbons (Fsp3) is 0.125.